The maximum atomic E-state index is 13.6. The molecule has 1 aromatic carbocycles. The zero-order valence-electron chi connectivity index (χ0n) is 13.0. The van der Waals surface area contributed by atoms with Crippen LogP contribution >= 0.6 is 15.9 Å². The van der Waals surface area contributed by atoms with E-state index in [1.165, 1.54) is 12.1 Å². The van der Waals surface area contributed by atoms with Crippen LogP contribution in [0.1, 0.15) is 30.1 Å². The van der Waals surface area contributed by atoms with Crippen LogP contribution in [-0.2, 0) is 4.79 Å². The lowest BCUT2D eigenvalue weighted by molar-refractivity contribution is -0.139. The fourth-order valence-corrected chi connectivity index (χ4v) is 3.17. The molecule has 1 N–H and O–H groups in total. The summed E-state index contributed by atoms with van der Waals surface area (Å²) in [4.78, 5) is 26.9. The smallest absolute Gasteiger partial charge is 0.317 e. The van der Waals surface area contributed by atoms with Gasteiger partial charge in [-0.1, -0.05) is 6.92 Å². The SMILES string of the molecule is CCN(CC(=O)O)C1CCN(C(=O)c2ccc(Br)c(F)c2)CC1. The van der Waals surface area contributed by atoms with Crippen molar-refractivity contribution in [2.24, 2.45) is 0 Å². The molecule has 7 heteroatoms. The van der Waals surface area contributed by atoms with Crippen molar-refractivity contribution >= 4 is 27.8 Å². The zero-order valence-corrected chi connectivity index (χ0v) is 14.6. The lowest BCUT2D eigenvalue weighted by Gasteiger charge is -2.37. The minimum atomic E-state index is -0.837. The molecule has 126 valence electrons. The summed E-state index contributed by atoms with van der Waals surface area (Å²) in [5, 5.41) is 8.94. The number of benzene rings is 1. The average Bonchev–Trinajstić information content (AvgIpc) is 2.54. The first-order valence-corrected chi connectivity index (χ1v) is 8.41. The fraction of sp³-hybridized carbons (Fsp3) is 0.500. The van der Waals surface area contributed by atoms with E-state index < -0.39 is 11.8 Å². The predicted molar refractivity (Wildman–Crippen MR) is 87.9 cm³/mol. The van der Waals surface area contributed by atoms with E-state index in [2.05, 4.69) is 15.9 Å². The highest BCUT2D eigenvalue weighted by atomic mass is 79.9. The van der Waals surface area contributed by atoms with Crippen LogP contribution in [0.15, 0.2) is 22.7 Å². The first kappa shape index (κ1) is 17.9. The molecule has 0 atom stereocenters. The highest BCUT2D eigenvalue weighted by molar-refractivity contribution is 9.10. The van der Waals surface area contributed by atoms with Crippen LogP contribution in [0.25, 0.3) is 0 Å². The highest BCUT2D eigenvalue weighted by Gasteiger charge is 2.27. The molecule has 0 saturated carbocycles. The molecule has 0 aromatic heterocycles. The third-order valence-electron chi connectivity index (χ3n) is 4.18. The Morgan fingerprint density at radius 3 is 2.57 bits per heavy atom. The topological polar surface area (TPSA) is 60.9 Å². The van der Waals surface area contributed by atoms with Gasteiger partial charge in [0.15, 0.2) is 0 Å². The van der Waals surface area contributed by atoms with Gasteiger partial charge in [-0.05, 0) is 53.5 Å². The van der Waals surface area contributed by atoms with Gasteiger partial charge in [0.05, 0.1) is 11.0 Å². The van der Waals surface area contributed by atoms with Crippen molar-refractivity contribution in [3.63, 3.8) is 0 Å². The monoisotopic (exact) mass is 386 g/mol. The molecule has 1 aliphatic rings. The number of carboxylic acid groups (broad SMARTS) is 1. The molecule has 0 radical (unpaired) electrons. The Bertz CT molecular complexity index is 589. The first-order valence-electron chi connectivity index (χ1n) is 7.62. The van der Waals surface area contributed by atoms with Crippen molar-refractivity contribution in [1.29, 1.82) is 0 Å². The molecule has 1 amide bonds. The van der Waals surface area contributed by atoms with Crippen LogP contribution < -0.4 is 0 Å². The van der Waals surface area contributed by atoms with E-state index in [0.717, 1.165) is 12.8 Å². The minimum Gasteiger partial charge on any atom is -0.480 e. The van der Waals surface area contributed by atoms with E-state index in [9.17, 15) is 14.0 Å². The molecule has 5 nitrogen and oxygen atoms in total. The first-order chi connectivity index (χ1) is 10.9. The van der Waals surface area contributed by atoms with Gasteiger partial charge in [-0.3, -0.25) is 14.5 Å². The van der Waals surface area contributed by atoms with Crippen molar-refractivity contribution in [1.82, 2.24) is 9.80 Å². The summed E-state index contributed by atoms with van der Waals surface area (Å²) in [6.45, 7) is 3.73. The van der Waals surface area contributed by atoms with Gasteiger partial charge in [0, 0.05) is 24.7 Å². The number of likely N-dealkylation sites (N-methyl/N-ethyl adjacent to an activating group) is 1. The Kier molecular flexibility index (Phi) is 6.12. The molecule has 2 rings (SSSR count). The van der Waals surface area contributed by atoms with Crippen LogP contribution in [-0.4, -0.2) is 59.0 Å². The summed E-state index contributed by atoms with van der Waals surface area (Å²) < 4.78 is 13.9. The van der Waals surface area contributed by atoms with Gasteiger partial charge >= 0.3 is 5.97 Å². The minimum absolute atomic E-state index is 0.0209. The number of carboxylic acids is 1. The standard InChI is InChI=1S/C16H20BrFN2O3/c1-2-19(10-15(21)22)12-5-7-20(8-6-12)16(23)11-3-4-13(17)14(18)9-11/h3-4,9,12H,2,5-8,10H2,1H3,(H,21,22). The van der Waals surface area contributed by atoms with Crippen molar-refractivity contribution in [2.45, 2.75) is 25.8 Å². The second kappa shape index (κ2) is 7.88. The summed E-state index contributed by atoms with van der Waals surface area (Å²) in [5.41, 5.74) is 0.335. The number of rotatable bonds is 5. The molecular weight excluding hydrogens is 367 g/mol. The van der Waals surface area contributed by atoms with E-state index in [4.69, 9.17) is 5.11 Å². The number of hydrogen-bond acceptors (Lipinski definition) is 3. The fourth-order valence-electron chi connectivity index (χ4n) is 2.92. The number of likely N-dealkylation sites (tertiary alicyclic amines) is 1. The number of hydrogen-bond donors (Lipinski definition) is 1. The molecule has 1 aliphatic heterocycles. The maximum Gasteiger partial charge on any atom is 0.317 e. The molecule has 1 fully saturated rings. The van der Waals surface area contributed by atoms with Crippen molar-refractivity contribution < 1.29 is 19.1 Å². The van der Waals surface area contributed by atoms with Gasteiger partial charge in [0.2, 0.25) is 0 Å². The van der Waals surface area contributed by atoms with E-state index >= 15 is 0 Å². The van der Waals surface area contributed by atoms with Crippen LogP contribution in [0, 0.1) is 5.82 Å². The zero-order chi connectivity index (χ0) is 17.0. The summed E-state index contributed by atoms with van der Waals surface area (Å²) in [6, 6.07) is 4.54. The van der Waals surface area contributed by atoms with Crippen LogP contribution in [0.4, 0.5) is 4.39 Å². The molecule has 0 unspecified atom stereocenters. The van der Waals surface area contributed by atoms with E-state index in [1.807, 2.05) is 11.8 Å². The van der Waals surface area contributed by atoms with E-state index in [-0.39, 0.29) is 18.5 Å². The second-order valence-corrected chi connectivity index (χ2v) is 6.46. The number of aliphatic carboxylic acids is 1. The predicted octanol–water partition coefficient (Wildman–Crippen LogP) is 2.60. The van der Waals surface area contributed by atoms with Gasteiger partial charge in [-0.15, -0.1) is 0 Å². The summed E-state index contributed by atoms with van der Waals surface area (Å²) >= 11 is 3.07. The molecule has 1 saturated heterocycles. The van der Waals surface area contributed by atoms with Crippen LogP contribution in [0.5, 0.6) is 0 Å². The average molecular weight is 387 g/mol. The van der Waals surface area contributed by atoms with Gasteiger partial charge in [0.1, 0.15) is 5.82 Å². The summed E-state index contributed by atoms with van der Waals surface area (Å²) in [5.74, 6) is -1.48. The molecule has 0 spiro atoms. The van der Waals surface area contributed by atoms with Gasteiger partial charge in [-0.2, -0.15) is 0 Å². The molecule has 1 heterocycles. The largest absolute Gasteiger partial charge is 0.480 e. The number of piperidine rings is 1. The number of halogens is 2. The van der Waals surface area contributed by atoms with E-state index in [0.29, 0.717) is 29.7 Å². The second-order valence-electron chi connectivity index (χ2n) is 5.61. The van der Waals surface area contributed by atoms with Crippen molar-refractivity contribution in [2.75, 3.05) is 26.2 Å². The Labute approximate surface area is 143 Å². The third-order valence-corrected chi connectivity index (χ3v) is 4.82. The molecule has 0 bridgehead atoms. The maximum absolute atomic E-state index is 13.6. The number of carbonyl (C=O) groups is 2. The number of amides is 1. The Balaban J connectivity index is 1.96. The summed E-state index contributed by atoms with van der Waals surface area (Å²) in [7, 11) is 0. The molecule has 1 aromatic rings. The molecule has 23 heavy (non-hydrogen) atoms. The Morgan fingerprint density at radius 1 is 1.39 bits per heavy atom. The van der Waals surface area contributed by atoms with Gasteiger partial charge < -0.3 is 10.0 Å². The van der Waals surface area contributed by atoms with E-state index in [1.54, 1.807) is 11.0 Å². The highest BCUT2D eigenvalue weighted by Crippen LogP contribution is 2.21. The van der Waals surface area contributed by atoms with Crippen LogP contribution in [0.3, 0.4) is 0 Å². The lowest BCUT2D eigenvalue weighted by atomic mass is 10.0. The number of carbonyl (C=O) groups excluding carboxylic acids is 1. The quantitative estimate of drug-likeness (QED) is 0.844. The third kappa shape index (κ3) is 4.51. The molecular formula is C16H20BrFN2O3. The molecule has 0 aliphatic carbocycles. The van der Waals surface area contributed by atoms with Gasteiger partial charge in [-0.25, -0.2) is 4.39 Å². The normalized spacial score (nSPS) is 15.9. The van der Waals surface area contributed by atoms with Crippen LogP contribution in [0.2, 0.25) is 0 Å². The van der Waals surface area contributed by atoms with Crippen molar-refractivity contribution in [3.05, 3.63) is 34.1 Å². The number of nitrogens with zero attached hydrogens (tertiary/aromatic N) is 2. The lowest BCUT2D eigenvalue weighted by Crippen LogP contribution is -2.48. The van der Waals surface area contributed by atoms with Crippen molar-refractivity contribution in [3.8, 4) is 0 Å². The Morgan fingerprint density at radius 2 is 2.04 bits per heavy atom. The Hall–Kier alpha value is -1.47. The summed E-state index contributed by atoms with van der Waals surface area (Å²) in [6.07, 6.45) is 1.46. The van der Waals surface area contributed by atoms with Gasteiger partial charge in [0.25, 0.3) is 5.91 Å².